The van der Waals surface area contributed by atoms with Crippen LogP contribution in [0.2, 0.25) is 0 Å². The average Bonchev–Trinajstić information content (AvgIpc) is 2.59. The van der Waals surface area contributed by atoms with Crippen LogP contribution in [0.25, 0.3) is 0 Å². The molecular formula is C19H29NO9S. The van der Waals surface area contributed by atoms with Gasteiger partial charge in [-0.1, -0.05) is 12.1 Å². The fraction of sp³-hybridized carbons (Fsp3) is 0.579. The lowest BCUT2D eigenvalue weighted by Crippen LogP contribution is -2.47. The number of nitrogens with one attached hydrogen (secondary N) is 1. The van der Waals surface area contributed by atoms with Gasteiger partial charge >= 0.3 is 12.1 Å². The molecule has 0 heterocycles. The molecule has 30 heavy (non-hydrogen) atoms. The van der Waals surface area contributed by atoms with E-state index in [4.69, 9.17) is 18.8 Å². The van der Waals surface area contributed by atoms with Crippen molar-refractivity contribution in [1.82, 2.24) is 5.32 Å². The zero-order valence-electron chi connectivity index (χ0n) is 17.5. The predicted octanol–water partition coefficient (Wildman–Crippen LogP) is 1.66. The lowest BCUT2D eigenvalue weighted by molar-refractivity contribution is -0.133. The Bertz CT molecular complexity index is 800. The highest BCUT2D eigenvalue weighted by atomic mass is 32.2. The van der Waals surface area contributed by atoms with Crippen molar-refractivity contribution in [3.63, 3.8) is 0 Å². The first-order chi connectivity index (χ1) is 13.8. The van der Waals surface area contributed by atoms with Crippen molar-refractivity contribution in [3.8, 4) is 5.75 Å². The maximum Gasteiger partial charge on any atom is 0.408 e. The van der Waals surface area contributed by atoms with Crippen LogP contribution in [-0.2, 0) is 30.8 Å². The van der Waals surface area contributed by atoms with Gasteiger partial charge in [-0.3, -0.25) is 9.35 Å². The minimum absolute atomic E-state index is 0.182. The van der Waals surface area contributed by atoms with Crippen molar-refractivity contribution >= 4 is 22.2 Å². The van der Waals surface area contributed by atoms with Crippen LogP contribution in [0.15, 0.2) is 24.3 Å². The molecule has 0 saturated carbocycles. The summed E-state index contributed by atoms with van der Waals surface area (Å²) in [6, 6.07) is 5.42. The third-order valence-corrected chi connectivity index (χ3v) is 4.28. The molecule has 0 radical (unpaired) electrons. The lowest BCUT2D eigenvalue weighted by atomic mass is 10.1. The Morgan fingerprint density at radius 3 is 2.27 bits per heavy atom. The van der Waals surface area contributed by atoms with E-state index < -0.39 is 52.3 Å². The molecule has 0 saturated heterocycles. The van der Waals surface area contributed by atoms with Gasteiger partial charge in [-0.2, -0.15) is 8.42 Å². The van der Waals surface area contributed by atoms with Gasteiger partial charge in [0.05, 0.1) is 18.2 Å². The molecule has 0 aromatic heterocycles. The Morgan fingerprint density at radius 1 is 1.17 bits per heavy atom. The molecule has 1 amide bonds. The Morgan fingerprint density at radius 2 is 1.77 bits per heavy atom. The maximum absolute atomic E-state index is 12.1. The van der Waals surface area contributed by atoms with Crippen LogP contribution in [0.4, 0.5) is 4.79 Å². The van der Waals surface area contributed by atoms with Crippen molar-refractivity contribution in [2.24, 2.45) is 0 Å². The van der Waals surface area contributed by atoms with Gasteiger partial charge in [0.2, 0.25) is 0 Å². The summed E-state index contributed by atoms with van der Waals surface area (Å²) >= 11 is 0. The number of aliphatic hydroxyl groups excluding tert-OH is 1. The van der Waals surface area contributed by atoms with Crippen LogP contribution in [-0.4, -0.2) is 60.4 Å². The van der Waals surface area contributed by atoms with Crippen molar-refractivity contribution in [2.45, 2.75) is 58.5 Å². The van der Waals surface area contributed by atoms with Gasteiger partial charge in [-0.25, -0.2) is 4.79 Å². The predicted molar refractivity (Wildman–Crippen MR) is 108 cm³/mol. The van der Waals surface area contributed by atoms with E-state index in [1.807, 2.05) is 0 Å². The first kappa shape index (κ1) is 25.8. The van der Waals surface area contributed by atoms with Gasteiger partial charge in [0.25, 0.3) is 10.1 Å². The van der Waals surface area contributed by atoms with E-state index >= 15 is 0 Å². The molecule has 170 valence electrons. The second kappa shape index (κ2) is 11.3. The van der Waals surface area contributed by atoms with Crippen LogP contribution >= 0.6 is 0 Å². The Hall–Kier alpha value is -2.21. The van der Waals surface area contributed by atoms with E-state index in [2.05, 4.69) is 5.32 Å². The van der Waals surface area contributed by atoms with Crippen molar-refractivity contribution in [3.05, 3.63) is 29.8 Å². The summed E-state index contributed by atoms with van der Waals surface area (Å²) in [7, 11) is -4.25. The smallest absolute Gasteiger partial charge is 0.408 e. The normalized spacial score (nSPS) is 13.9. The Kier molecular flexibility index (Phi) is 9.69. The van der Waals surface area contributed by atoms with E-state index in [0.29, 0.717) is 5.56 Å². The second-order valence-corrected chi connectivity index (χ2v) is 9.03. The number of carbonyl (C=O) groups is 2. The summed E-state index contributed by atoms with van der Waals surface area (Å²) in [6.45, 7) is 7.11. The number of hydrogen-bond acceptors (Lipinski definition) is 8. The van der Waals surface area contributed by atoms with E-state index in [1.54, 1.807) is 39.8 Å². The highest BCUT2D eigenvalue weighted by Crippen LogP contribution is 2.16. The molecule has 2 unspecified atom stereocenters. The summed E-state index contributed by atoms with van der Waals surface area (Å²) in [5.41, 5.74) is -0.000868. The van der Waals surface area contributed by atoms with E-state index in [1.165, 1.54) is 12.1 Å². The molecule has 0 bridgehead atoms. The SMILES string of the molecule is CCOC(O)C(Cc1ccc(OC(=O)CCS(=O)(=O)O)cc1)NC(=O)OC(C)(C)C. The molecule has 1 rings (SSSR count). The molecular weight excluding hydrogens is 418 g/mol. The number of rotatable bonds is 10. The first-order valence-electron chi connectivity index (χ1n) is 9.33. The summed E-state index contributed by atoms with van der Waals surface area (Å²) in [5.74, 6) is -1.35. The molecule has 10 nitrogen and oxygen atoms in total. The molecule has 3 N–H and O–H groups in total. The lowest BCUT2D eigenvalue weighted by Gasteiger charge is -2.26. The number of benzene rings is 1. The van der Waals surface area contributed by atoms with Crippen LogP contribution in [0.1, 0.15) is 39.7 Å². The zero-order valence-corrected chi connectivity index (χ0v) is 18.3. The van der Waals surface area contributed by atoms with Gasteiger partial charge in [-0.05, 0) is 51.8 Å². The van der Waals surface area contributed by atoms with Gasteiger partial charge in [-0.15, -0.1) is 0 Å². The minimum atomic E-state index is -4.25. The molecule has 0 aliphatic heterocycles. The Labute approximate surface area is 176 Å². The van der Waals surface area contributed by atoms with E-state index in [-0.39, 0.29) is 18.8 Å². The molecule has 11 heteroatoms. The Balaban J connectivity index is 2.75. The highest BCUT2D eigenvalue weighted by molar-refractivity contribution is 7.85. The summed E-state index contributed by atoms with van der Waals surface area (Å²) < 4.78 is 45.4. The van der Waals surface area contributed by atoms with Gasteiger partial charge in [0.1, 0.15) is 11.4 Å². The third-order valence-electron chi connectivity index (χ3n) is 3.56. The van der Waals surface area contributed by atoms with Gasteiger partial charge < -0.3 is 24.6 Å². The van der Waals surface area contributed by atoms with Crippen molar-refractivity contribution < 1.29 is 41.9 Å². The number of ether oxygens (including phenoxy) is 3. The number of carbonyl (C=O) groups excluding carboxylic acids is 2. The van der Waals surface area contributed by atoms with Crippen LogP contribution in [0.3, 0.4) is 0 Å². The monoisotopic (exact) mass is 447 g/mol. The van der Waals surface area contributed by atoms with E-state index in [0.717, 1.165) is 0 Å². The van der Waals surface area contributed by atoms with Crippen molar-refractivity contribution in [1.29, 1.82) is 0 Å². The number of amides is 1. The second-order valence-electron chi connectivity index (χ2n) is 7.46. The number of alkyl carbamates (subject to hydrolysis) is 1. The first-order valence-corrected chi connectivity index (χ1v) is 10.9. The zero-order chi connectivity index (χ0) is 22.9. The fourth-order valence-corrected chi connectivity index (χ4v) is 2.74. The van der Waals surface area contributed by atoms with Gasteiger partial charge in [0.15, 0.2) is 6.29 Å². The quantitative estimate of drug-likeness (QED) is 0.211. The molecule has 0 fully saturated rings. The average molecular weight is 448 g/mol. The summed E-state index contributed by atoms with van der Waals surface area (Å²) in [5, 5.41) is 12.8. The summed E-state index contributed by atoms with van der Waals surface area (Å²) in [6.07, 6.45) is -2.24. The number of hydrogen-bond donors (Lipinski definition) is 3. The molecule has 0 aliphatic carbocycles. The van der Waals surface area contributed by atoms with Crippen LogP contribution in [0, 0.1) is 0 Å². The van der Waals surface area contributed by atoms with Crippen LogP contribution in [0.5, 0.6) is 5.75 Å². The molecule has 0 spiro atoms. The third kappa shape index (κ3) is 11.1. The largest absolute Gasteiger partial charge is 0.444 e. The highest BCUT2D eigenvalue weighted by Gasteiger charge is 2.25. The van der Waals surface area contributed by atoms with Crippen LogP contribution < -0.4 is 10.1 Å². The molecule has 1 aromatic rings. The summed E-state index contributed by atoms with van der Waals surface area (Å²) in [4.78, 5) is 23.7. The molecule has 1 aromatic carbocycles. The number of aliphatic hydroxyl groups is 1. The fourth-order valence-electron chi connectivity index (χ4n) is 2.31. The standard InChI is InChI=1S/C19H29NO9S/c1-5-27-17(22)15(20-18(23)29-19(2,3)4)12-13-6-8-14(9-7-13)28-16(21)10-11-30(24,25)26/h6-9,15,17,22H,5,10-12H2,1-4H3,(H,20,23)(H,24,25,26). The topological polar surface area (TPSA) is 148 Å². The number of esters is 1. The van der Waals surface area contributed by atoms with Gasteiger partial charge in [0, 0.05) is 6.61 Å². The molecule has 2 atom stereocenters. The van der Waals surface area contributed by atoms with E-state index in [9.17, 15) is 23.1 Å². The minimum Gasteiger partial charge on any atom is -0.444 e. The van der Waals surface area contributed by atoms with Crippen molar-refractivity contribution in [2.75, 3.05) is 12.4 Å². The molecule has 0 aliphatic rings. The maximum atomic E-state index is 12.1.